The predicted octanol–water partition coefficient (Wildman–Crippen LogP) is 4.52. The number of amides is 2. The second-order valence-corrected chi connectivity index (χ2v) is 15.7. The maximum Gasteiger partial charge on any atom is 0.411 e. The largest absolute Gasteiger partial charge is 0.444 e. The molecule has 3 rings (SSSR count). The fourth-order valence-electron chi connectivity index (χ4n) is 4.13. The number of carbonyl (C=O) groups excluding carboxylic acids is 2. The molecule has 2 amide bonds. The van der Waals surface area contributed by atoms with Crippen LogP contribution in [-0.2, 0) is 27.3 Å². The summed E-state index contributed by atoms with van der Waals surface area (Å²) in [4.78, 5) is 32.4. The quantitative estimate of drug-likeness (QED) is 0.604. The molecule has 1 aliphatic rings. The van der Waals surface area contributed by atoms with Crippen molar-refractivity contribution in [1.29, 1.82) is 0 Å². The van der Waals surface area contributed by atoms with Gasteiger partial charge in [0.05, 0.1) is 20.4 Å². The maximum atomic E-state index is 14.8. The minimum Gasteiger partial charge on any atom is -0.444 e. The SMILES string of the molecule is COCc1ccc2c(n1)CCN(C(=O)OC(C)(C)C)[C@@H]2C(=O)Nc1cc(F)c([Si](C)(C)C)c(F)c1. The number of benzene rings is 1. The average Bonchev–Trinajstić information content (AvgIpc) is 2.70. The van der Waals surface area contributed by atoms with Crippen LogP contribution in [-0.4, -0.2) is 49.2 Å². The Balaban J connectivity index is 1.99. The van der Waals surface area contributed by atoms with Gasteiger partial charge in [0.15, 0.2) is 0 Å². The number of nitrogens with one attached hydrogen (secondary N) is 1. The summed E-state index contributed by atoms with van der Waals surface area (Å²) in [5, 5.41) is 2.67. The van der Waals surface area contributed by atoms with E-state index in [1.807, 2.05) is 19.6 Å². The van der Waals surface area contributed by atoms with Crippen LogP contribution in [0.5, 0.6) is 0 Å². The first-order valence-electron chi connectivity index (χ1n) is 11.5. The minimum atomic E-state index is -2.28. The van der Waals surface area contributed by atoms with Gasteiger partial charge in [0, 0.05) is 42.2 Å². The van der Waals surface area contributed by atoms with Gasteiger partial charge in [-0.3, -0.25) is 14.7 Å². The molecular weight excluding hydrogens is 472 g/mol. The molecule has 0 spiro atoms. The molecule has 190 valence electrons. The van der Waals surface area contributed by atoms with Crippen LogP contribution in [0.4, 0.5) is 19.3 Å². The Morgan fingerprint density at radius 2 is 1.80 bits per heavy atom. The molecule has 0 radical (unpaired) electrons. The van der Waals surface area contributed by atoms with E-state index in [4.69, 9.17) is 9.47 Å². The van der Waals surface area contributed by atoms with Crippen molar-refractivity contribution in [2.75, 3.05) is 19.0 Å². The number of methoxy groups -OCH3 is 1. The van der Waals surface area contributed by atoms with Crippen molar-refractivity contribution >= 4 is 30.9 Å². The lowest BCUT2D eigenvalue weighted by molar-refractivity contribution is -0.122. The lowest BCUT2D eigenvalue weighted by atomic mass is 9.95. The number of ether oxygens (including phenoxy) is 2. The van der Waals surface area contributed by atoms with Crippen LogP contribution >= 0.6 is 0 Å². The van der Waals surface area contributed by atoms with Gasteiger partial charge in [-0.2, -0.15) is 0 Å². The first-order valence-corrected chi connectivity index (χ1v) is 15.0. The summed E-state index contributed by atoms with van der Waals surface area (Å²) < 4.78 is 40.2. The number of aromatic nitrogens is 1. The highest BCUT2D eigenvalue weighted by molar-refractivity contribution is 6.88. The van der Waals surface area contributed by atoms with Crippen LogP contribution < -0.4 is 10.5 Å². The molecule has 1 aromatic carbocycles. The number of rotatable bonds is 5. The van der Waals surface area contributed by atoms with Crippen molar-refractivity contribution in [2.45, 2.75) is 65.1 Å². The van der Waals surface area contributed by atoms with Gasteiger partial charge in [-0.05, 0) is 39.0 Å². The first-order chi connectivity index (χ1) is 16.2. The summed E-state index contributed by atoms with van der Waals surface area (Å²) >= 11 is 0. The zero-order chi connectivity index (χ0) is 26.1. The van der Waals surface area contributed by atoms with Crippen LogP contribution in [0.1, 0.15) is 43.8 Å². The molecule has 10 heteroatoms. The molecule has 1 aliphatic heterocycles. The monoisotopic (exact) mass is 505 g/mol. The molecule has 0 saturated heterocycles. The molecule has 35 heavy (non-hydrogen) atoms. The molecule has 7 nitrogen and oxygen atoms in total. The molecule has 1 atom stereocenters. The fourth-order valence-corrected chi connectivity index (χ4v) is 5.71. The van der Waals surface area contributed by atoms with Crippen LogP contribution in [0.2, 0.25) is 19.6 Å². The van der Waals surface area contributed by atoms with Crippen LogP contribution in [0.25, 0.3) is 0 Å². The Hall–Kier alpha value is -2.85. The van der Waals surface area contributed by atoms with E-state index >= 15 is 0 Å². The molecule has 2 aromatic rings. The molecule has 1 N–H and O–H groups in total. The van der Waals surface area contributed by atoms with E-state index in [1.54, 1.807) is 40.0 Å². The van der Waals surface area contributed by atoms with Crippen molar-refractivity contribution in [2.24, 2.45) is 0 Å². The lowest BCUT2D eigenvalue weighted by Gasteiger charge is -2.36. The van der Waals surface area contributed by atoms with E-state index in [9.17, 15) is 18.4 Å². The number of hydrogen-bond acceptors (Lipinski definition) is 5. The Kier molecular flexibility index (Phi) is 7.66. The molecule has 2 heterocycles. The molecule has 0 saturated carbocycles. The van der Waals surface area contributed by atoms with Gasteiger partial charge in [-0.25, -0.2) is 13.6 Å². The second kappa shape index (κ2) is 10.0. The molecule has 0 fully saturated rings. The van der Waals surface area contributed by atoms with E-state index in [2.05, 4.69) is 10.3 Å². The van der Waals surface area contributed by atoms with Crippen LogP contribution in [0, 0.1) is 11.6 Å². The normalized spacial score (nSPS) is 16.0. The van der Waals surface area contributed by atoms with Crippen molar-refractivity contribution in [3.05, 3.63) is 52.9 Å². The van der Waals surface area contributed by atoms with Crippen molar-refractivity contribution in [3.63, 3.8) is 0 Å². The third-order valence-corrected chi connectivity index (χ3v) is 7.47. The third-order valence-electron chi connectivity index (χ3n) is 5.49. The highest BCUT2D eigenvalue weighted by atomic mass is 28.3. The summed E-state index contributed by atoms with van der Waals surface area (Å²) in [5.41, 5.74) is 1.09. The number of nitrogens with zero attached hydrogens (tertiary/aromatic N) is 2. The van der Waals surface area contributed by atoms with Crippen LogP contribution in [0.3, 0.4) is 0 Å². The van der Waals surface area contributed by atoms with E-state index in [-0.39, 0.29) is 17.4 Å². The lowest BCUT2D eigenvalue weighted by Crippen LogP contribution is -2.47. The zero-order valence-corrected chi connectivity index (χ0v) is 22.3. The van der Waals surface area contributed by atoms with Crippen molar-refractivity contribution in [3.8, 4) is 0 Å². The summed E-state index contributed by atoms with van der Waals surface area (Å²) in [6.45, 7) is 11.2. The highest BCUT2D eigenvalue weighted by Crippen LogP contribution is 2.32. The van der Waals surface area contributed by atoms with Gasteiger partial charge < -0.3 is 14.8 Å². The number of halogens is 2. The van der Waals surface area contributed by atoms with Gasteiger partial charge in [0.25, 0.3) is 5.91 Å². The van der Waals surface area contributed by atoms with Gasteiger partial charge in [-0.15, -0.1) is 0 Å². The Morgan fingerprint density at radius 1 is 1.17 bits per heavy atom. The fraction of sp³-hybridized carbons (Fsp3) is 0.480. The summed E-state index contributed by atoms with van der Waals surface area (Å²) in [5.74, 6) is -2.01. The zero-order valence-electron chi connectivity index (χ0n) is 21.3. The molecular formula is C25H33F2N3O4Si. The van der Waals surface area contributed by atoms with Crippen molar-refractivity contribution < 1.29 is 27.8 Å². The Bertz CT molecular complexity index is 1110. The average molecular weight is 506 g/mol. The maximum absolute atomic E-state index is 14.8. The topological polar surface area (TPSA) is 80.8 Å². The molecule has 0 aliphatic carbocycles. The molecule has 0 unspecified atom stereocenters. The first kappa shape index (κ1) is 26.7. The summed E-state index contributed by atoms with van der Waals surface area (Å²) in [7, 11) is -0.714. The third kappa shape index (κ3) is 6.23. The number of fused-ring (bicyclic) bond motifs is 1. The summed E-state index contributed by atoms with van der Waals surface area (Å²) in [6.07, 6.45) is -0.236. The van der Waals surface area contributed by atoms with Gasteiger partial charge in [0.1, 0.15) is 23.3 Å². The second-order valence-electron chi connectivity index (χ2n) is 10.7. The van der Waals surface area contributed by atoms with Crippen LogP contribution in [0.15, 0.2) is 24.3 Å². The van der Waals surface area contributed by atoms with Gasteiger partial charge >= 0.3 is 6.09 Å². The predicted molar refractivity (Wildman–Crippen MR) is 132 cm³/mol. The van der Waals surface area contributed by atoms with E-state index < -0.39 is 43.4 Å². The Labute approximate surface area is 205 Å². The number of pyridine rings is 1. The minimum absolute atomic E-state index is 0.0211. The smallest absolute Gasteiger partial charge is 0.411 e. The van der Waals surface area contributed by atoms with Gasteiger partial charge in [-0.1, -0.05) is 25.7 Å². The number of hydrogen-bond donors (Lipinski definition) is 1. The van der Waals surface area contributed by atoms with E-state index in [0.717, 1.165) is 12.1 Å². The Morgan fingerprint density at radius 3 is 2.34 bits per heavy atom. The number of anilines is 1. The molecule has 1 aromatic heterocycles. The number of carbonyl (C=O) groups is 2. The standard InChI is InChI=1S/C25H33F2N3O4Si/c1-25(2,3)34-24(32)30-11-10-20-17(9-8-15(28-20)14-33-4)21(30)23(31)29-16-12-18(26)22(19(27)13-16)35(5,6)7/h8-9,12-13,21H,10-11,14H2,1-7H3,(H,29,31)/t21-/m0/s1. The summed E-state index contributed by atoms with van der Waals surface area (Å²) in [6, 6.07) is 4.61. The highest BCUT2D eigenvalue weighted by Gasteiger charge is 2.39. The van der Waals surface area contributed by atoms with Crippen molar-refractivity contribution in [1.82, 2.24) is 9.88 Å². The van der Waals surface area contributed by atoms with E-state index in [1.165, 1.54) is 4.90 Å². The van der Waals surface area contributed by atoms with Gasteiger partial charge in [0.2, 0.25) is 0 Å². The molecule has 0 bridgehead atoms. The van der Waals surface area contributed by atoms with E-state index in [0.29, 0.717) is 30.0 Å².